The SMILES string of the molecule is CCCCN1C(=O)c2ccc(C(=O)OC(C)C(=O)Nc3ccccc3-c3ccccc3)cc2C1=O. The van der Waals surface area contributed by atoms with Crippen molar-refractivity contribution >= 4 is 29.4 Å². The van der Waals surface area contributed by atoms with Crippen molar-refractivity contribution in [3.63, 3.8) is 0 Å². The number of hydrogen-bond acceptors (Lipinski definition) is 5. The van der Waals surface area contributed by atoms with Crippen molar-refractivity contribution in [3.05, 3.63) is 89.5 Å². The Bertz CT molecular complexity index is 1290. The maximum atomic E-state index is 12.8. The number of hydrogen-bond donors (Lipinski definition) is 1. The number of esters is 1. The molecule has 0 fully saturated rings. The molecule has 0 aliphatic carbocycles. The lowest BCUT2D eigenvalue weighted by molar-refractivity contribution is -0.123. The van der Waals surface area contributed by atoms with Crippen LogP contribution >= 0.6 is 0 Å². The average molecular weight is 471 g/mol. The molecule has 3 aromatic carbocycles. The van der Waals surface area contributed by atoms with Crippen LogP contribution in [0.5, 0.6) is 0 Å². The number of ether oxygens (including phenoxy) is 1. The lowest BCUT2D eigenvalue weighted by atomic mass is 10.0. The van der Waals surface area contributed by atoms with E-state index in [9.17, 15) is 19.2 Å². The first-order valence-electron chi connectivity index (χ1n) is 11.6. The van der Waals surface area contributed by atoms with Gasteiger partial charge in [-0.25, -0.2) is 4.79 Å². The van der Waals surface area contributed by atoms with E-state index in [0.717, 1.165) is 17.5 Å². The standard InChI is InChI=1S/C28H26N2O5/c1-3-4-16-30-26(32)22-15-14-20(17-23(22)27(30)33)28(34)35-18(2)25(31)29-24-13-9-8-12-21(24)19-10-6-5-7-11-19/h5-15,17-18H,3-4,16H2,1-2H3,(H,29,31). The lowest BCUT2D eigenvalue weighted by Crippen LogP contribution is -2.30. The minimum atomic E-state index is -1.09. The van der Waals surface area contributed by atoms with Crippen molar-refractivity contribution < 1.29 is 23.9 Å². The van der Waals surface area contributed by atoms with Gasteiger partial charge in [-0.2, -0.15) is 0 Å². The topological polar surface area (TPSA) is 92.8 Å². The maximum Gasteiger partial charge on any atom is 0.338 e. The number of benzene rings is 3. The smallest absolute Gasteiger partial charge is 0.338 e. The van der Waals surface area contributed by atoms with E-state index in [0.29, 0.717) is 18.7 Å². The summed E-state index contributed by atoms with van der Waals surface area (Å²) in [6.07, 6.45) is 0.471. The van der Waals surface area contributed by atoms with Crippen molar-refractivity contribution in [2.24, 2.45) is 0 Å². The third-order valence-corrected chi connectivity index (χ3v) is 5.86. The van der Waals surface area contributed by atoms with Crippen LogP contribution in [0.1, 0.15) is 57.8 Å². The fraction of sp³-hybridized carbons (Fsp3) is 0.214. The van der Waals surface area contributed by atoms with Gasteiger partial charge in [0.1, 0.15) is 0 Å². The summed E-state index contributed by atoms with van der Waals surface area (Å²) in [6.45, 7) is 3.79. The van der Waals surface area contributed by atoms with Gasteiger partial charge in [-0.05, 0) is 43.2 Å². The number of unbranched alkanes of at least 4 members (excludes halogenated alkanes) is 1. The molecule has 0 saturated carbocycles. The molecule has 1 aliphatic rings. The number of nitrogens with zero attached hydrogens (tertiary/aromatic N) is 1. The van der Waals surface area contributed by atoms with Crippen molar-refractivity contribution in [1.82, 2.24) is 4.90 Å². The second kappa shape index (κ2) is 10.3. The molecular formula is C28H26N2O5. The van der Waals surface area contributed by atoms with E-state index in [4.69, 9.17) is 4.74 Å². The monoisotopic (exact) mass is 470 g/mol. The molecule has 178 valence electrons. The summed E-state index contributed by atoms with van der Waals surface area (Å²) in [6, 6.07) is 21.2. The van der Waals surface area contributed by atoms with E-state index in [-0.39, 0.29) is 22.6 Å². The molecule has 35 heavy (non-hydrogen) atoms. The van der Waals surface area contributed by atoms with Gasteiger partial charge in [-0.15, -0.1) is 0 Å². The second-order valence-corrected chi connectivity index (χ2v) is 8.32. The maximum absolute atomic E-state index is 12.8. The van der Waals surface area contributed by atoms with Crippen LogP contribution in [-0.4, -0.2) is 41.2 Å². The van der Waals surface area contributed by atoms with Gasteiger partial charge in [-0.1, -0.05) is 61.9 Å². The molecule has 1 unspecified atom stereocenters. The Morgan fingerprint density at radius 2 is 1.57 bits per heavy atom. The second-order valence-electron chi connectivity index (χ2n) is 8.32. The lowest BCUT2D eigenvalue weighted by Gasteiger charge is -2.16. The predicted octanol–water partition coefficient (Wildman–Crippen LogP) is 4.93. The van der Waals surface area contributed by atoms with Gasteiger partial charge in [0.05, 0.1) is 16.7 Å². The molecular weight excluding hydrogens is 444 g/mol. The third-order valence-electron chi connectivity index (χ3n) is 5.86. The highest BCUT2D eigenvalue weighted by molar-refractivity contribution is 6.22. The van der Waals surface area contributed by atoms with Crippen LogP contribution in [0.4, 0.5) is 5.69 Å². The first-order valence-corrected chi connectivity index (χ1v) is 11.6. The number of amides is 3. The van der Waals surface area contributed by atoms with Gasteiger partial charge in [-0.3, -0.25) is 19.3 Å². The number of rotatable bonds is 8. The summed E-state index contributed by atoms with van der Waals surface area (Å²) >= 11 is 0. The molecule has 0 radical (unpaired) electrons. The summed E-state index contributed by atoms with van der Waals surface area (Å²) in [4.78, 5) is 51.9. The summed E-state index contributed by atoms with van der Waals surface area (Å²) in [5.74, 6) is -2.02. The Kier molecular flexibility index (Phi) is 7.06. The first kappa shape index (κ1) is 23.9. The molecule has 1 aliphatic heterocycles. The Balaban J connectivity index is 1.45. The van der Waals surface area contributed by atoms with E-state index >= 15 is 0 Å². The summed E-state index contributed by atoms with van der Waals surface area (Å²) in [5, 5.41) is 2.82. The molecule has 0 spiro atoms. The third kappa shape index (κ3) is 4.99. The van der Waals surface area contributed by atoms with Gasteiger partial charge in [0.15, 0.2) is 6.10 Å². The molecule has 0 saturated heterocycles. The number of imide groups is 1. The Labute approximate surface area is 203 Å². The first-order chi connectivity index (χ1) is 16.9. The van der Waals surface area contributed by atoms with Crippen LogP contribution in [0.15, 0.2) is 72.8 Å². The average Bonchev–Trinajstić information content (AvgIpc) is 3.12. The molecule has 1 atom stereocenters. The molecule has 3 amide bonds. The predicted molar refractivity (Wildman–Crippen MR) is 132 cm³/mol. The molecule has 7 heteroatoms. The van der Waals surface area contributed by atoms with Crippen molar-refractivity contribution in [2.45, 2.75) is 32.8 Å². The highest BCUT2D eigenvalue weighted by Crippen LogP contribution is 2.28. The fourth-order valence-corrected chi connectivity index (χ4v) is 3.92. The van der Waals surface area contributed by atoms with E-state index in [1.54, 1.807) is 6.07 Å². The zero-order valence-electron chi connectivity index (χ0n) is 19.6. The van der Waals surface area contributed by atoms with Crippen LogP contribution in [0.25, 0.3) is 11.1 Å². The van der Waals surface area contributed by atoms with Gasteiger partial charge in [0.2, 0.25) is 0 Å². The zero-order valence-corrected chi connectivity index (χ0v) is 19.6. The Morgan fingerprint density at radius 1 is 0.886 bits per heavy atom. The summed E-state index contributed by atoms with van der Waals surface area (Å²) < 4.78 is 5.37. The summed E-state index contributed by atoms with van der Waals surface area (Å²) in [5.41, 5.74) is 2.93. The van der Waals surface area contributed by atoms with E-state index in [1.165, 1.54) is 30.0 Å². The zero-order chi connectivity index (χ0) is 24.9. The number of para-hydroxylation sites is 1. The van der Waals surface area contributed by atoms with Crippen molar-refractivity contribution in [2.75, 3.05) is 11.9 Å². The van der Waals surface area contributed by atoms with E-state index < -0.39 is 23.9 Å². The van der Waals surface area contributed by atoms with Gasteiger partial charge >= 0.3 is 5.97 Å². The van der Waals surface area contributed by atoms with Crippen LogP contribution in [-0.2, 0) is 9.53 Å². The van der Waals surface area contributed by atoms with Gasteiger partial charge in [0, 0.05) is 17.8 Å². The minimum Gasteiger partial charge on any atom is -0.449 e. The highest BCUT2D eigenvalue weighted by Gasteiger charge is 2.35. The quantitative estimate of drug-likeness (QED) is 0.372. The Hall–Kier alpha value is -4.26. The normalized spacial score (nSPS) is 13.4. The van der Waals surface area contributed by atoms with Gasteiger partial charge in [0.25, 0.3) is 17.7 Å². The number of fused-ring (bicyclic) bond motifs is 1. The molecule has 7 nitrogen and oxygen atoms in total. The van der Waals surface area contributed by atoms with Crippen LogP contribution in [0, 0.1) is 0 Å². The van der Waals surface area contributed by atoms with E-state index in [1.807, 2.05) is 55.5 Å². The number of anilines is 1. The van der Waals surface area contributed by atoms with Crippen LogP contribution < -0.4 is 5.32 Å². The molecule has 1 heterocycles. The number of carbonyl (C=O) groups is 4. The largest absolute Gasteiger partial charge is 0.449 e. The molecule has 4 rings (SSSR count). The van der Waals surface area contributed by atoms with Crippen molar-refractivity contribution in [1.29, 1.82) is 0 Å². The minimum absolute atomic E-state index is 0.103. The van der Waals surface area contributed by atoms with Crippen LogP contribution in [0.2, 0.25) is 0 Å². The molecule has 3 aromatic rings. The number of carbonyl (C=O) groups excluding carboxylic acids is 4. The fourth-order valence-electron chi connectivity index (χ4n) is 3.92. The number of nitrogens with one attached hydrogen (secondary N) is 1. The highest BCUT2D eigenvalue weighted by atomic mass is 16.5. The summed E-state index contributed by atoms with van der Waals surface area (Å²) in [7, 11) is 0. The van der Waals surface area contributed by atoms with Crippen molar-refractivity contribution in [3.8, 4) is 11.1 Å². The van der Waals surface area contributed by atoms with Crippen LogP contribution in [0.3, 0.4) is 0 Å². The molecule has 0 bridgehead atoms. The molecule has 1 N–H and O–H groups in total. The Morgan fingerprint density at radius 3 is 2.31 bits per heavy atom. The van der Waals surface area contributed by atoms with Gasteiger partial charge < -0.3 is 10.1 Å². The molecule has 0 aromatic heterocycles. The van der Waals surface area contributed by atoms with E-state index in [2.05, 4.69) is 5.32 Å².